The van der Waals surface area contributed by atoms with E-state index in [1.54, 1.807) is 6.92 Å². The number of aryl methyl sites for hydroxylation is 1. The molecule has 0 radical (unpaired) electrons. The van der Waals surface area contributed by atoms with E-state index in [0.717, 1.165) is 56.0 Å². The summed E-state index contributed by atoms with van der Waals surface area (Å²) >= 11 is 0. The van der Waals surface area contributed by atoms with Crippen molar-refractivity contribution in [3.05, 3.63) is 65.9 Å². The molecule has 0 aliphatic carbocycles. The third-order valence-corrected chi connectivity index (χ3v) is 5.53. The largest absolute Gasteiger partial charge is 0.368 e. The molecule has 1 saturated heterocycles. The average molecular weight is 461 g/mol. The van der Waals surface area contributed by atoms with E-state index in [4.69, 9.17) is 0 Å². The number of hydrogen-bond donors (Lipinski definition) is 1. The number of halogens is 2. The van der Waals surface area contributed by atoms with Crippen molar-refractivity contribution in [3.63, 3.8) is 0 Å². The number of amides is 1. The summed E-state index contributed by atoms with van der Waals surface area (Å²) in [4.78, 5) is 20.9. The van der Waals surface area contributed by atoms with Crippen molar-refractivity contribution in [3.8, 4) is 0 Å². The molecule has 1 N–H and O–H groups in total. The fraction of sp³-hybridized carbons (Fsp3) is 0.333. The van der Waals surface area contributed by atoms with Gasteiger partial charge in [0.25, 0.3) is 0 Å². The molecule has 7 heteroatoms. The zero-order valence-corrected chi connectivity index (χ0v) is 19.6. The lowest BCUT2D eigenvalue weighted by atomic mass is 10.1. The van der Waals surface area contributed by atoms with Crippen LogP contribution in [0.3, 0.4) is 0 Å². The second-order valence-corrected chi connectivity index (χ2v) is 7.76. The molecule has 0 saturated carbocycles. The van der Waals surface area contributed by atoms with Gasteiger partial charge in [0.05, 0.1) is 5.52 Å². The zero-order valence-electron chi connectivity index (χ0n) is 18.0. The fourth-order valence-electron chi connectivity index (χ4n) is 4.02. The van der Waals surface area contributed by atoms with Crippen LogP contribution in [0.1, 0.15) is 18.2 Å². The maximum absolute atomic E-state index is 11.2. The van der Waals surface area contributed by atoms with Crippen LogP contribution in [0.15, 0.2) is 54.6 Å². The molecule has 2 heterocycles. The first kappa shape index (κ1) is 24.9. The van der Waals surface area contributed by atoms with Crippen LogP contribution in [0.25, 0.3) is 10.9 Å². The number of carbonyl (C=O) groups excluding carboxylic acids is 1. The number of rotatable bonds is 5. The topological polar surface area (TPSA) is 48.5 Å². The molecule has 5 nitrogen and oxygen atoms in total. The number of nitrogens with zero attached hydrogens (tertiary/aromatic N) is 3. The van der Waals surface area contributed by atoms with Crippen molar-refractivity contribution in [2.75, 3.05) is 42.9 Å². The predicted octanol–water partition coefficient (Wildman–Crippen LogP) is 4.71. The Morgan fingerprint density at radius 3 is 2.48 bits per heavy atom. The number of anilines is 2. The quantitative estimate of drug-likeness (QED) is 0.598. The highest BCUT2D eigenvalue weighted by molar-refractivity contribution is 5.92. The Kier molecular flexibility index (Phi) is 9.11. The number of carbonyl (C=O) groups is 1. The van der Waals surface area contributed by atoms with Gasteiger partial charge in [0.1, 0.15) is 0 Å². The lowest BCUT2D eigenvalue weighted by molar-refractivity contribution is -0.114. The minimum Gasteiger partial charge on any atom is -0.368 e. The Balaban J connectivity index is 0.00000171. The van der Waals surface area contributed by atoms with Gasteiger partial charge < -0.3 is 10.2 Å². The first-order valence-electron chi connectivity index (χ1n) is 10.3. The summed E-state index contributed by atoms with van der Waals surface area (Å²) in [5, 5.41) is 4.10. The number of piperazine rings is 1. The second kappa shape index (κ2) is 11.3. The third-order valence-electron chi connectivity index (χ3n) is 5.53. The molecule has 0 bridgehead atoms. The van der Waals surface area contributed by atoms with Crippen molar-refractivity contribution < 1.29 is 4.79 Å². The number of fused-ring (bicyclic) bond motifs is 1. The smallest absolute Gasteiger partial charge is 0.221 e. The van der Waals surface area contributed by atoms with Crippen LogP contribution in [0.2, 0.25) is 0 Å². The molecule has 3 aromatic rings. The van der Waals surface area contributed by atoms with Crippen molar-refractivity contribution in [2.45, 2.75) is 20.3 Å². The number of nitrogens with one attached hydrogen (secondary N) is 1. The van der Waals surface area contributed by atoms with Gasteiger partial charge >= 0.3 is 0 Å². The van der Waals surface area contributed by atoms with Crippen LogP contribution < -0.4 is 10.2 Å². The number of benzene rings is 2. The maximum Gasteiger partial charge on any atom is 0.221 e. The lowest BCUT2D eigenvalue weighted by Crippen LogP contribution is -2.47. The van der Waals surface area contributed by atoms with Gasteiger partial charge in [-0.1, -0.05) is 18.2 Å². The molecule has 0 unspecified atom stereocenters. The monoisotopic (exact) mass is 460 g/mol. The van der Waals surface area contributed by atoms with Gasteiger partial charge in [0.2, 0.25) is 5.91 Å². The first-order chi connectivity index (χ1) is 14.1. The highest BCUT2D eigenvalue weighted by Gasteiger charge is 2.18. The number of pyridine rings is 1. The molecule has 1 fully saturated rings. The minimum absolute atomic E-state index is 0. The molecule has 1 amide bonds. The van der Waals surface area contributed by atoms with E-state index in [2.05, 4.69) is 62.6 Å². The molecule has 1 aromatic heterocycles. The van der Waals surface area contributed by atoms with Crippen LogP contribution in [-0.2, 0) is 11.2 Å². The van der Waals surface area contributed by atoms with E-state index < -0.39 is 0 Å². The van der Waals surface area contributed by atoms with Crippen molar-refractivity contribution in [1.82, 2.24) is 9.88 Å². The number of aromatic nitrogens is 1. The molecule has 1 aliphatic heterocycles. The highest BCUT2D eigenvalue weighted by Crippen LogP contribution is 2.27. The van der Waals surface area contributed by atoms with Crippen molar-refractivity contribution >= 4 is 53.0 Å². The Labute approximate surface area is 196 Å². The normalized spacial score (nSPS) is 13.9. The van der Waals surface area contributed by atoms with Gasteiger partial charge in [-0.3, -0.25) is 14.7 Å². The van der Waals surface area contributed by atoms with Crippen LogP contribution in [-0.4, -0.2) is 48.5 Å². The van der Waals surface area contributed by atoms with E-state index in [1.807, 2.05) is 19.1 Å². The van der Waals surface area contributed by atoms with Gasteiger partial charge in [-0.25, -0.2) is 0 Å². The Bertz CT molecular complexity index is 1020. The summed E-state index contributed by atoms with van der Waals surface area (Å²) in [5.41, 5.74) is 5.55. The molecule has 1 aliphatic rings. The minimum atomic E-state index is -0.0305. The number of hydrogen-bond acceptors (Lipinski definition) is 4. The predicted molar refractivity (Wildman–Crippen MR) is 134 cm³/mol. The molecule has 0 atom stereocenters. The van der Waals surface area contributed by atoms with Crippen LogP contribution in [0.5, 0.6) is 0 Å². The van der Waals surface area contributed by atoms with Gasteiger partial charge in [0, 0.05) is 62.1 Å². The summed E-state index contributed by atoms with van der Waals surface area (Å²) < 4.78 is 0. The van der Waals surface area contributed by atoms with Gasteiger partial charge in [-0.2, -0.15) is 0 Å². The molecule has 31 heavy (non-hydrogen) atoms. The van der Waals surface area contributed by atoms with Crippen molar-refractivity contribution in [1.29, 1.82) is 0 Å². The van der Waals surface area contributed by atoms with Gasteiger partial charge in [-0.05, 0) is 55.3 Å². The summed E-state index contributed by atoms with van der Waals surface area (Å²) in [6, 6.07) is 18.9. The molecular weight excluding hydrogens is 431 g/mol. The maximum atomic E-state index is 11.2. The summed E-state index contributed by atoms with van der Waals surface area (Å²) in [5.74, 6) is -0.0305. The standard InChI is InChI=1S/C24H28N4O.2ClH/c1-18-9-10-22-23(25-18)7-4-8-24(22)28-15-13-27(14-16-28)12-11-20-5-3-6-21(17-20)26-19(2)29;;/h3-10,17H,11-16H2,1-2H3,(H,26,29);2*1H. The molecule has 2 aromatic carbocycles. The summed E-state index contributed by atoms with van der Waals surface area (Å²) in [7, 11) is 0. The van der Waals surface area contributed by atoms with E-state index in [0.29, 0.717) is 0 Å². The molecule has 0 spiro atoms. The van der Waals surface area contributed by atoms with Crippen LogP contribution in [0.4, 0.5) is 11.4 Å². The molecule has 166 valence electrons. The van der Waals surface area contributed by atoms with Crippen LogP contribution in [0, 0.1) is 6.92 Å². The van der Waals surface area contributed by atoms with Gasteiger partial charge in [-0.15, -0.1) is 24.8 Å². The fourth-order valence-corrected chi connectivity index (χ4v) is 4.02. The van der Waals surface area contributed by atoms with Gasteiger partial charge in [0.15, 0.2) is 0 Å². The van der Waals surface area contributed by atoms with E-state index in [1.165, 1.54) is 16.6 Å². The highest BCUT2D eigenvalue weighted by atomic mass is 35.5. The zero-order chi connectivity index (χ0) is 20.2. The SMILES string of the molecule is CC(=O)Nc1cccc(CCN2CCN(c3cccc4nc(C)ccc34)CC2)c1.Cl.Cl. The Hall–Kier alpha value is -2.34. The van der Waals surface area contributed by atoms with E-state index in [-0.39, 0.29) is 30.7 Å². The van der Waals surface area contributed by atoms with Crippen LogP contribution >= 0.6 is 24.8 Å². The Morgan fingerprint density at radius 1 is 1.00 bits per heavy atom. The van der Waals surface area contributed by atoms with Crippen molar-refractivity contribution in [2.24, 2.45) is 0 Å². The third kappa shape index (κ3) is 6.33. The lowest BCUT2D eigenvalue weighted by Gasteiger charge is -2.36. The first-order valence-corrected chi connectivity index (χ1v) is 10.3. The summed E-state index contributed by atoms with van der Waals surface area (Å²) in [6.45, 7) is 8.78. The molecule has 4 rings (SSSR count). The molecular formula is C24H30Cl2N4O. The average Bonchev–Trinajstić information content (AvgIpc) is 2.72. The van der Waals surface area contributed by atoms with E-state index in [9.17, 15) is 4.79 Å². The van der Waals surface area contributed by atoms with E-state index >= 15 is 0 Å². The summed E-state index contributed by atoms with van der Waals surface area (Å²) in [6.07, 6.45) is 0.991. The second-order valence-electron chi connectivity index (χ2n) is 7.76. The Morgan fingerprint density at radius 2 is 1.74 bits per heavy atom.